The van der Waals surface area contributed by atoms with Crippen molar-refractivity contribution in [3.8, 4) is 0 Å². The molecule has 1 aromatic heterocycles. The molecule has 0 radical (unpaired) electrons. The molecule has 6 heteroatoms. The summed E-state index contributed by atoms with van der Waals surface area (Å²) >= 11 is 6.07. The minimum absolute atomic E-state index is 0.140. The largest absolute Gasteiger partial charge is 0.367 e. The summed E-state index contributed by atoms with van der Waals surface area (Å²) in [6.07, 6.45) is 4.13. The van der Waals surface area contributed by atoms with Crippen molar-refractivity contribution < 1.29 is 0 Å². The molecule has 1 unspecified atom stereocenters. The maximum atomic E-state index is 11.9. The van der Waals surface area contributed by atoms with Gasteiger partial charge in [0.05, 0.1) is 18.4 Å². The van der Waals surface area contributed by atoms with E-state index in [9.17, 15) is 4.79 Å². The molecule has 1 saturated heterocycles. The molecule has 17 heavy (non-hydrogen) atoms. The van der Waals surface area contributed by atoms with Crippen LogP contribution in [-0.4, -0.2) is 28.9 Å². The molecule has 1 atom stereocenters. The van der Waals surface area contributed by atoms with Crippen LogP contribution in [0.3, 0.4) is 0 Å². The van der Waals surface area contributed by atoms with E-state index in [0.29, 0.717) is 18.8 Å². The Labute approximate surface area is 104 Å². The van der Waals surface area contributed by atoms with Gasteiger partial charge in [-0.2, -0.15) is 5.10 Å². The Hall–Kier alpha value is -1.33. The number of allylic oxidation sites excluding steroid dienone is 1. The summed E-state index contributed by atoms with van der Waals surface area (Å²) in [6, 6.07) is 0.140. The number of nitrogens with zero attached hydrogens (tertiary/aromatic N) is 3. The van der Waals surface area contributed by atoms with Gasteiger partial charge in [-0.05, 0) is 6.42 Å². The molecule has 0 aliphatic carbocycles. The number of hydrogen-bond acceptors (Lipinski definition) is 4. The van der Waals surface area contributed by atoms with Crippen LogP contribution in [0.15, 0.2) is 23.6 Å². The van der Waals surface area contributed by atoms with Crippen LogP contribution < -0.4 is 16.2 Å². The zero-order valence-corrected chi connectivity index (χ0v) is 10.2. The smallest absolute Gasteiger partial charge is 0.287 e. The zero-order valence-electron chi connectivity index (χ0n) is 9.47. The molecule has 1 aliphatic rings. The van der Waals surface area contributed by atoms with Gasteiger partial charge in [-0.1, -0.05) is 17.7 Å². The molecule has 2 N–H and O–H groups in total. The molecule has 5 nitrogen and oxygen atoms in total. The van der Waals surface area contributed by atoms with Gasteiger partial charge in [0.25, 0.3) is 5.56 Å². The third kappa shape index (κ3) is 2.35. The quantitative estimate of drug-likeness (QED) is 0.804. The average molecular weight is 255 g/mol. The normalized spacial score (nSPS) is 19.6. The Morgan fingerprint density at radius 1 is 1.71 bits per heavy atom. The van der Waals surface area contributed by atoms with Crippen LogP contribution in [0, 0.1) is 0 Å². The van der Waals surface area contributed by atoms with E-state index in [1.54, 1.807) is 12.3 Å². The molecule has 2 heterocycles. The number of rotatable bonds is 3. The summed E-state index contributed by atoms with van der Waals surface area (Å²) < 4.78 is 1.29. The fourth-order valence-electron chi connectivity index (χ4n) is 1.94. The molecular weight excluding hydrogens is 240 g/mol. The monoisotopic (exact) mass is 254 g/mol. The van der Waals surface area contributed by atoms with Gasteiger partial charge in [-0.15, -0.1) is 6.58 Å². The van der Waals surface area contributed by atoms with E-state index in [0.717, 1.165) is 13.0 Å². The molecule has 0 amide bonds. The molecule has 0 aromatic carbocycles. The summed E-state index contributed by atoms with van der Waals surface area (Å²) in [6.45, 7) is 5.45. The van der Waals surface area contributed by atoms with Gasteiger partial charge in [0, 0.05) is 19.1 Å². The lowest BCUT2D eigenvalue weighted by Gasteiger charge is -2.19. The van der Waals surface area contributed by atoms with Gasteiger partial charge in [-0.3, -0.25) is 4.79 Å². The molecule has 1 aromatic rings. The average Bonchev–Trinajstić information content (AvgIpc) is 2.72. The Morgan fingerprint density at radius 3 is 3.06 bits per heavy atom. The predicted octanol–water partition coefficient (Wildman–Crippen LogP) is 0.620. The Kier molecular flexibility index (Phi) is 3.49. The van der Waals surface area contributed by atoms with Gasteiger partial charge >= 0.3 is 0 Å². The minimum Gasteiger partial charge on any atom is -0.367 e. The third-order valence-corrected chi connectivity index (χ3v) is 3.19. The van der Waals surface area contributed by atoms with E-state index in [4.69, 9.17) is 17.3 Å². The van der Waals surface area contributed by atoms with Crippen LogP contribution in [0.25, 0.3) is 0 Å². The number of halogens is 1. The lowest BCUT2D eigenvalue weighted by atomic mass is 10.3. The fraction of sp³-hybridized carbons (Fsp3) is 0.455. The van der Waals surface area contributed by atoms with Gasteiger partial charge in [0.2, 0.25) is 0 Å². The van der Waals surface area contributed by atoms with Crippen molar-refractivity contribution in [2.24, 2.45) is 5.73 Å². The second kappa shape index (κ2) is 4.89. The first-order chi connectivity index (χ1) is 8.13. The standard InChI is InChI=1S/C11H15ClN4O/c1-2-4-16-11(17)10(12)9(6-14-16)15-5-3-8(13)7-15/h2,6,8H,1,3-5,7,13H2. The Bertz CT molecular complexity index is 485. The van der Waals surface area contributed by atoms with Crippen molar-refractivity contribution in [2.45, 2.75) is 19.0 Å². The molecular formula is C11H15ClN4O. The third-order valence-electron chi connectivity index (χ3n) is 2.83. The summed E-state index contributed by atoms with van der Waals surface area (Å²) in [5.74, 6) is 0. The van der Waals surface area contributed by atoms with E-state index in [1.165, 1.54) is 4.68 Å². The molecule has 1 fully saturated rings. The first kappa shape index (κ1) is 12.1. The van der Waals surface area contributed by atoms with Crippen LogP contribution in [0.2, 0.25) is 5.02 Å². The zero-order chi connectivity index (χ0) is 12.4. The van der Waals surface area contributed by atoms with Gasteiger partial charge in [0.15, 0.2) is 0 Å². The molecule has 2 rings (SSSR count). The van der Waals surface area contributed by atoms with E-state index in [-0.39, 0.29) is 16.6 Å². The van der Waals surface area contributed by atoms with Crippen LogP contribution in [0.4, 0.5) is 5.69 Å². The van der Waals surface area contributed by atoms with Crippen LogP contribution in [-0.2, 0) is 6.54 Å². The number of aromatic nitrogens is 2. The summed E-state index contributed by atoms with van der Waals surface area (Å²) in [4.78, 5) is 13.9. The molecule has 0 spiro atoms. The maximum Gasteiger partial charge on any atom is 0.287 e. The first-order valence-electron chi connectivity index (χ1n) is 5.50. The Morgan fingerprint density at radius 2 is 2.47 bits per heavy atom. The van der Waals surface area contributed by atoms with Gasteiger partial charge in [-0.25, -0.2) is 4.68 Å². The van der Waals surface area contributed by atoms with E-state index < -0.39 is 0 Å². The second-order valence-corrected chi connectivity index (χ2v) is 4.49. The highest BCUT2D eigenvalue weighted by molar-refractivity contribution is 6.33. The van der Waals surface area contributed by atoms with Crippen molar-refractivity contribution in [2.75, 3.05) is 18.0 Å². The lowest BCUT2D eigenvalue weighted by molar-refractivity contribution is 0.650. The summed E-state index contributed by atoms with van der Waals surface area (Å²) in [5.41, 5.74) is 6.21. The van der Waals surface area contributed by atoms with Gasteiger partial charge in [0.1, 0.15) is 5.02 Å². The maximum absolute atomic E-state index is 11.9. The van der Waals surface area contributed by atoms with Crippen molar-refractivity contribution >= 4 is 17.3 Å². The summed E-state index contributed by atoms with van der Waals surface area (Å²) in [5, 5.41) is 4.27. The van der Waals surface area contributed by atoms with Crippen molar-refractivity contribution in [3.63, 3.8) is 0 Å². The van der Waals surface area contributed by atoms with E-state index >= 15 is 0 Å². The van der Waals surface area contributed by atoms with Crippen LogP contribution >= 0.6 is 11.6 Å². The highest BCUT2D eigenvalue weighted by Gasteiger charge is 2.22. The predicted molar refractivity (Wildman–Crippen MR) is 68.5 cm³/mol. The topological polar surface area (TPSA) is 64.2 Å². The highest BCUT2D eigenvalue weighted by Crippen LogP contribution is 2.24. The Balaban J connectivity index is 2.34. The van der Waals surface area contributed by atoms with E-state index in [1.807, 2.05) is 4.90 Å². The fourth-order valence-corrected chi connectivity index (χ4v) is 2.20. The highest BCUT2D eigenvalue weighted by atomic mass is 35.5. The number of hydrogen-bond donors (Lipinski definition) is 1. The minimum atomic E-state index is -0.287. The van der Waals surface area contributed by atoms with Crippen molar-refractivity contribution in [1.82, 2.24) is 9.78 Å². The molecule has 92 valence electrons. The first-order valence-corrected chi connectivity index (χ1v) is 5.88. The molecule has 1 aliphatic heterocycles. The van der Waals surface area contributed by atoms with E-state index in [2.05, 4.69) is 11.7 Å². The SMILES string of the molecule is C=CCn1ncc(N2CCC(N)C2)c(Cl)c1=O. The molecule has 0 saturated carbocycles. The summed E-state index contributed by atoms with van der Waals surface area (Å²) in [7, 11) is 0. The number of anilines is 1. The second-order valence-electron chi connectivity index (χ2n) is 4.11. The van der Waals surface area contributed by atoms with Crippen LogP contribution in [0.5, 0.6) is 0 Å². The molecule has 0 bridgehead atoms. The van der Waals surface area contributed by atoms with Gasteiger partial charge < -0.3 is 10.6 Å². The van der Waals surface area contributed by atoms with Crippen LogP contribution in [0.1, 0.15) is 6.42 Å². The van der Waals surface area contributed by atoms with Crippen molar-refractivity contribution in [3.05, 3.63) is 34.2 Å². The lowest BCUT2D eigenvalue weighted by Crippen LogP contribution is -2.30. The number of nitrogens with two attached hydrogens (primary N) is 1. The van der Waals surface area contributed by atoms with Crippen molar-refractivity contribution in [1.29, 1.82) is 0 Å².